The third kappa shape index (κ3) is 4.50. The van der Waals surface area contributed by atoms with E-state index in [0.717, 1.165) is 0 Å². The Morgan fingerprint density at radius 3 is 2.44 bits per heavy atom. The molecule has 2 rings (SSSR count). The molecule has 2 N–H and O–H groups in total. The fraction of sp³-hybridized carbons (Fsp3) is 0.125. The SMILES string of the molecule is CC(Oc1ccccc1F)C(=O)NNC(=O)c1ccccc1[N+](=O)[O-]. The van der Waals surface area contributed by atoms with Crippen molar-refractivity contribution in [3.8, 4) is 5.75 Å². The van der Waals surface area contributed by atoms with Gasteiger partial charge in [-0.15, -0.1) is 0 Å². The van der Waals surface area contributed by atoms with Crippen LogP contribution >= 0.6 is 0 Å². The van der Waals surface area contributed by atoms with Gasteiger partial charge in [0.2, 0.25) is 0 Å². The number of nitro groups is 1. The lowest BCUT2D eigenvalue weighted by molar-refractivity contribution is -0.385. The number of rotatable bonds is 5. The molecule has 9 heteroatoms. The molecule has 2 aromatic rings. The number of hydrogen-bond donors (Lipinski definition) is 2. The molecule has 0 fully saturated rings. The Morgan fingerprint density at radius 1 is 1.12 bits per heavy atom. The molecule has 0 radical (unpaired) electrons. The third-order valence-corrected chi connectivity index (χ3v) is 3.15. The summed E-state index contributed by atoms with van der Waals surface area (Å²) < 4.78 is 18.6. The molecule has 0 aliphatic rings. The van der Waals surface area contributed by atoms with Crippen LogP contribution in [0, 0.1) is 15.9 Å². The van der Waals surface area contributed by atoms with Gasteiger partial charge in [0.25, 0.3) is 17.5 Å². The first-order valence-corrected chi connectivity index (χ1v) is 7.15. The van der Waals surface area contributed by atoms with Crippen LogP contribution in [0.25, 0.3) is 0 Å². The summed E-state index contributed by atoms with van der Waals surface area (Å²) in [6.07, 6.45) is -1.11. The van der Waals surface area contributed by atoms with Crippen molar-refractivity contribution in [3.05, 3.63) is 70.0 Å². The van der Waals surface area contributed by atoms with Crippen LogP contribution in [0.5, 0.6) is 5.75 Å². The van der Waals surface area contributed by atoms with E-state index in [0.29, 0.717) is 0 Å². The molecule has 0 spiro atoms. The second kappa shape index (κ2) is 7.86. The number of amides is 2. The fourth-order valence-corrected chi connectivity index (χ4v) is 1.90. The Bertz CT molecular complexity index is 812. The van der Waals surface area contributed by atoms with Gasteiger partial charge in [-0.3, -0.25) is 30.6 Å². The van der Waals surface area contributed by atoms with E-state index in [4.69, 9.17) is 4.74 Å². The first-order chi connectivity index (χ1) is 11.9. The summed E-state index contributed by atoms with van der Waals surface area (Å²) in [7, 11) is 0. The highest BCUT2D eigenvalue weighted by Gasteiger charge is 2.21. The van der Waals surface area contributed by atoms with Crippen LogP contribution in [0.15, 0.2) is 48.5 Å². The van der Waals surface area contributed by atoms with E-state index < -0.39 is 34.3 Å². The zero-order chi connectivity index (χ0) is 18.4. The van der Waals surface area contributed by atoms with Crippen LogP contribution in [-0.4, -0.2) is 22.8 Å². The van der Waals surface area contributed by atoms with Gasteiger partial charge in [0.15, 0.2) is 17.7 Å². The van der Waals surface area contributed by atoms with Crippen molar-refractivity contribution in [1.29, 1.82) is 0 Å². The highest BCUT2D eigenvalue weighted by molar-refractivity contribution is 5.99. The van der Waals surface area contributed by atoms with Crippen molar-refractivity contribution in [2.75, 3.05) is 0 Å². The van der Waals surface area contributed by atoms with E-state index in [-0.39, 0.29) is 11.3 Å². The van der Waals surface area contributed by atoms with Crippen LogP contribution in [0.1, 0.15) is 17.3 Å². The molecule has 1 unspecified atom stereocenters. The number of carbonyl (C=O) groups excluding carboxylic acids is 2. The third-order valence-electron chi connectivity index (χ3n) is 3.15. The van der Waals surface area contributed by atoms with Crippen LogP contribution < -0.4 is 15.6 Å². The van der Waals surface area contributed by atoms with Crippen LogP contribution in [-0.2, 0) is 4.79 Å². The van der Waals surface area contributed by atoms with Crippen LogP contribution in [0.3, 0.4) is 0 Å². The van der Waals surface area contributed by atoms with Gasteiger partial charge >= 0.3 is 0 Å². The maximum absolute atomic E-state index is 13.5. The van der Waals surface area contributed by atoms with Crippen molar-refractivity contribution in [1.82, 2.24) is 10.9 Å². The molecule has 0 aliphatic carbocycles. The highest BCUT2D eigenvalue weighted by atomic mass is 19.1. The zero-order valence-corrected chi connectivity index (χ0v) is 13.1. The van der Waals surface area contributed by atoms with Gasteiger partial charge in [-0.1, -0.05) is 24.3 Å². The lowest BCUT2D eigenvalue weighted by atomic mass is 10.2. The highest BCUT2D eigenvalue weighted by Crippen LogP contribution is 2.18. The molecule has 0 aliphatic heterocycles. The number of hydrogen-bond acceptors (Lipinski definition) is 5. The van der Waals surface area contributed by atoms with Crippen molar-refractivity contribution in [2.45, 2.75) is 13.0 Å². The Labute approximate surface area is 141 Å². The number of hydrazine groups is 1. The number of halogens is 1. The largest absolute Gasteiger partial charge is 0.478 e. The molecule has 130 valence electrons. The normalized spacial score (nSPS) is 11.3. The van der Waals surface area contributed by atoms with Gasteiger partial charge < -0.3 is 4.74 Å². The average molecular weight is 347 g/mol. The van der Waals surface area contributed by atoms with Crippen molar-refractivity contribution >= 4 is 17.5 Å². The van der Waals surface area contributed by atoms with Gasteiger partial charge in [0.1, 0.15) is 5.56 Å². The topological polar surface area (TPSA) is 111 Å². The molecular weight excluding hydrogens is 333 g/mol. The summed E-state index contributed by atoms with van der Waals surface area (Å²) in [5.41, 5.74) is 3.53. The number of carbonyl (C=O) groups is 2. The predicted octanol–water partition coefficient (Wildman–Crippen LogP) is 1.96. The van der Waals surface area contributed by atoms with E-state index in [9.17, 15) is 24.1 Å². The number of para-hydroxylation sites is 2. The van der Waals surface area contributed by atoms with Gasteiger partial charge in [-0.25, -0.2) is 4.39 Å². The maximum atomic E-state index is 13.5. The summed E-state index contributed by atoms with van der Waals surface area (Å²) in [6.45, 7) is 1.36. The van der Waals surface area contributed by atoms with Crippen molar-refractivity contribution in [3.63, 3.8) is 0 Å². The molecule has 2 aromatic carbocycles. The van der Waals surface area contributed by atoms with Gasteiger partial charge in [-0.2, -0.15) is 0 Å². The monoisotopic (exact) mass is 347 g/mol. The minimum atomic E-state index is -1.11. The fourth-order valence-electron chi connectivity index (χ4n) is 1.90. The lowest BCUT2D eigenvalue weighted by Crippen LogP contribution is -2.47. The number of ether oxygens (including phenoxy) is 1. The lowest BCUT2D eigenvalue weighted by Gasteiger charge is -2.15. The van der Waals surface area contributed by atoms with E-state index in [2.05, 4.69) is 10.9 Å². The summed E-state index contributed by atoms with van der Waals surface area (Å²) >= 11 is 0. The molecule has 2 amide bonds. The van der Waals surface area contributed by atoms with Crippen molar-refractivity contribution in [2.24, 2.45) is 0 Å². The molecule has 0 aromatic heterocycles. The Balaban J connectivity index is 1.96. The summed E-state index contributed by atoms with van der Waals surface area (Å²) in [4.78, 5) is 34.1. The van der Waals surface area contributed by atoms with Gasteiger partial charge in [0.05, 0.1) is 4.92 Å². The molecule has 0 heterocycles. The van der Waals surface area contributed by atoms with E-state index in [1.54, 1.807) is 6.07 Å². The minimum Gasteiger partial charge on any atom is -0.478 e. The number of nitro benzene ring substituents is 1. The van der Waals surface area contributed by atoms with E-state index >= 15 is 0 Å². The first-order valence-electron chi connectivity index (χ1n) is 7.15. The van der Waals surface area contributed by atoms with E-state index in [1.165, 1.54) is 49.4 Å². The summed E-state index contributed by atoms with van der Waals surface area (Å²) in [5, 5.41) is 10.9. The van der Waals surface area contributed by atoms with Gasteiger partial charge in [0, 0.05) is 6.07 Å². The predicted molar refractivity (Wildman–Crippen MR) is 85.2 cm³/mol. The minimum absolute atomic E-state index is 0.116. The van der Waals surface area contributed by atoms with Crippen LogP contribution in [0.4, 0.5) is 10.1 Å². The summed E-state index contributed by atoms with van der Waals surface area (Å²) in [6, 6.07) is 10.8. The molecule has 8 nitrogen and oxygen atoms in total. The zero-order valence-electron chi connectivity index (χ0n) is 13.1. The Kier molecular flexibility index (Phi) is 5.62. The second-order valence-electron chi connectivity index (χ2n) is 4.91. The molecule has 0 saturated carbocycles. The average Bonchev–Trinajstić information content (AvgIpc) is 2.61. The Morgan fingerprint density at radius 2 is 1.76 bits per heavy atom. The quantitative estimate of drug-likeness (QED) is 0.634. The molecule has 25 heavy (non-hydrogen) atoms. The van der Waals surface area contributed by atoms with Crippen molar-refractivity contribution < 1.29 is 23.6 Å². The Hall–Kier alpha value is -3.49. The van der Waals surface area contributed by atoms with Gasteiger partial charge in [-0.05, 0) is 25.1 Å². The molecule has 1 atom stereocenters. The number of nitrogens with one attached hydrogen (secondary N) is 2. The molecule has 0 bridgehead atoms. The molecule has 0 saturated heterocycles. The number of benzene rings is 2. The number of nitrogens with zero attached hydrogens (tertiary/aromatic N) is 1. The smallest absolute Gasteiger partial charge is 0.282 e. The second-order valence-corrected chi connectivity index (χ2v) is 4.91. The first kappa shape index (κ1) is 17.9. The van der Waals surface area contributed by atoms with Crippen LogP contribution in [0.2, 0.25) is 0 Å². The summed E-state index contributed by atoms with van der Waals surface area (Å²) in [5.74, 6) is -2.37. The molecular formula is C16H14FN3O5. The van der Waals surface area contributed by atoms with E-state index in [1.807, 2.05) is 0 Å². The standard InChI is InChI=1S/C16H14FN3O5/c1-10(25-14-9-5-3-7-12(14)17)15(21)18-19-16(22)11-6-2-4-8-13(11)20(23)24/h2-10H,1H3,(H,18,21)(H,19,22). The maximum Gasteiger partial charge on any atom is 0.282 e.